The van der Waals surface area contributed by atoms with E-state index < -0.39 is 0 Å². The Morgan fingerprint density at radius 1 is 0.378 bits per heavy atom. The summed E-state index contributed by atoms with van der Waals surface area (Å²) in [5.74, 6) is 0. The van der Waals surface area contributed by atoms with Crippen LogP contribution in [-0.2, 0) is 0 Å². The Labute approximate surface area is 259 Å². The third-order valence-corrected chi connectivity index (χ3v) is 9.39. The van der Waals surface area contributed by atoms with Gasteiger partial charge in [-0.3, -0.25) is 0 Å². The normalized spacial score (nSPS) is 12.0. The van der Waals surface area contributed by atoms with Gasteiger partial charge in [-0.15, -0.1) is 0 Å². The molecule has 0 fully saturated rings. The quantitative estimate of drug-likeness (QED) is 0.204. The predicted molar refractivity (Wildman–Crippen MR) is 190 cm³/mol. The molecule has 0 aliphatic heterocycles. The van der Waals surface area contributed by atoms with Gasteiger partial charge in [0.2, 0.25) is 0 Å². The van der Waals surface area contributed by atoms with E-state index in [2.05, 4.69) is 178 Å². The number of para-hydroxylation sites is 5. The minimum Gasteiger partial charge on any atom is -0.310 e. The van der Waals surface area contributed by atoms with Gasteiger partial charge >= 0.3 is 0 Å². The van der Waals surface area contributed by atoms with Gasteiger partial charge in [-0.2, -0.15) is 0 Å². The molecular weight excluding hydrogens is 546 g/mol. The Morgan fingerprint density at radius 3 is 1.60 bits per heavy atom. The molecule has 0 amide bonds. The lowest BCUT2D eigenvalue weighted by Crippen LogP contribution is -2.10. The summed E-state index contributed by atoms with van der Waals surface area (Å²) in [6.07, 6.45) is 0. The van der Waals surface area contributed by atoms with E-state index in [4.69, 9.17) is 0 Å². The number of anilines is 3. The first-order valence-corrected chi connectivity index (χ1v) is 15.5. The van der Waals surface area contributed by atoms with E-state index in [9.17, 15) is 0 Å². The molecule has 3 aromatic heterocycles. The third-order valence-electron chi connectivity index (χ3n) is 9.39. The molecule has 210 valence electrons. The van der Waals surface area contributed by atoms with Crippen molar-refractivity contribution in [3.05, 3.63) is 164 Å². The van der Waals surface area contributed by atoms with Gasteiger partial charge in [-0.05, 0) is 66.0 Å². The van der Waals surface area contributed by atoms with Gasteiger partial charge in [-0.1, -0.05) is 103 Å². The molecule has 0 saturated carbocycles. The Bertz CT molecular complexity index is 2640. The molecule has 0 aliphatic rings. The minimum atomic E-state index is 1.12. The van der Waals surface area contributed by atoms with Crippen LogP contribution < -0.4 is 4.90 Å². The summed E-state index contributed by atoms with van der Waals surface area (Å²) >= 11 is 0. The van der Waals surface area contributed by atoms with E-state index in [1.807, 2.05) is 0 Å². The van der Waals surface area contributed by atoms with Crippen molar-refractivity contribution < 1.29 is 0 Å². The molecule has 0 bridgehead atoms. The van der Waals surface area contributed by atoms with Crippen LogP contribution in [0.1, 0.15) is 0 Å². The molecule has 0 saturated heterocycles. The van der Waals surface area contributed by atoms with Gasteiger partial charge in [0, 0.05) is 44.0 Å². The van der Waals surface area contributed by atoms with Crippen molar-refractivity contribution >= 4 is 77.0 Å². The van der Waals surface area contributed by atoms with Gasteiger partial charge in [0.1, 0.15) is 0 Å². The number of nitrogens with zero attached hydrogens (tertiary/aromatic N) is 3. The van der Waals surface area contributed by atoms with E-state index in [-0.39, 0.29) is 0 Å². The topological polar surface area (TPSA) is 12.6 Å². The highest BCUT2D eigenvalue weighted by atomic mass is 15.1. The molecule has 10 rings (SSSR count). The molecule has 3 nitrogen and oxygen atoms in total. The van der Waals surface area contributed by atoms with E-state index in [1.54, 1.807) is 0 Å². The molecule has 3 heteroatoms. The number of aromatic nitrogens is 2. The third kappa shape index (κ3) is 3.30. The fourth-order valence-corrected chi connectivity index (χ4v) is 7.66. The molecule has 3 heterocycles. The minimum absolute atomic E-state index is 1.12. The van der Waals surface area contributed by atoms with Crippen LogP contribution in [0.15, 0.2) is 164 Å². The summed E-state index contributed by atoms with van der Waals surface area (Å²) in [5, 5.41) is 7.61. The van der Waals surface area contributed by atoms with Crippen LogP contribution in [0.4, 0.5) is 17.1 Å². The average Bonchev–Trinajstić information content (AvgIpc) is 3.58. The molecule has 0 radical (unpaired) electrons. The van der Waals surface area contributed by atoms with Crippen molar-refractivity contribution in [3.63, 3.8) is 0 Å². The molecule has 45 heavy (non-hydrogen) atoms. The van der Waals surface area contributed by atoms with Crippen LogP contribution in [0.3, 0.4) is 0 Å². The highest BCUT2D eigenvalue weighted by Gasteiger charge is 2.27. The van der Waals surface area contributed by atoms with E-state index in [0.717, 1.165) is 22.7 Å². The number of fused-ring (bicyclic) bond motifs is 6. The van der Waals surface area contributed by atoms with Crippen LogP contribution in [-0.4, -0.2) is 8.97 Å². The summed E-state index contributed by atoms with van der Waals surface area (Å²) in [5.41, 5.74) is 10.6. The molecule has 0 atom stereocenters. The first kappa shape index (κ1) is 24.4. The predicted octanol–water partition coefficient (Wildman–Crippen LogP) is 11.4. The second kappa shape index (κ2) is 9.22. The monoisotopic (exact) mass is 573 g/mol. The number of hydrogen-bond donors (Lipinski definition) is 0. The summed E-state index contributed by atoms with van der Waals surface area (Å²) in [4.78, 5) is 2.43. The zero-order valence-electron chi connectivity index (χ0n) is 24.4. The molecule has 0 spiro atoms. The maximum absolute atomic E-state index is 2.52. The molecule has 0 unspecified atom stereocenters. The van der Waals surface area contributed by atoms with Crippen molar-refractivity contribution in [2.75, 3.05) is 4.90 Å². The van der Waals surface area contributed by atoms with Crippen LogP contribution in [0.25, 0.3) is 65.6 Å². The molecular formula is C42H27N3. The van der Waals surface area contributed by atoms with Gasteiger partial charge in [0.15, 0.2) is 0 Å². The maximum Gasteiger partial charge on any atom is 0.0663 e. The summed E-state index contributed by atoms with van der Waals surface area (Å²) in [6.45, 7) is 0. The fraction of sp³-hybridized carbons (Fsp3) is 0. The number of rotatable bonds is 4. The average molecular weight is 574 g/mol. The lowest BCUT2D eigenvalue weighted by molar-refractivity contribution is 1.18. The largest absolute Gasteiger partial charge is 0.310 e. The summed E-state index contributed by atoms with van der Waals surface area (Å²) in [7, 11) is 0. The standard InChI is InChI=1S/C42H27N3/c1-4-15-28(16-5-1)43(29-17-6-2-7-18-29)37-27-38-41-39-32(23-14-26-36(39)44(38)30-19-8-3-9-20-30)31-21-10-12-24-34(31)45-35-25-13-11-22-33(35)40(37)42(41)45/h1-27H. The van der Waals surface area contributed by atoms with E-state index >= 15 is 0 Å². The van der Waals surface area contributed by atoms with Crippen molar-refractivity contribution in [3.8, 4) is 5.69 Å². The molecule has 0 N–H and O–H groups in total. The second-order valence-corrected chi connectivity index (χ2v) is 11.8. The Kier molecular flexibility index (Phi) is 5.00. The smallest absolute Gasteiger partial charge is 0.0663 e. The first-order chi connectivity index (χ1) is 22.4. The van der Waals surface area contributed by atoms with Crippen molar-refractivity contribution in [1.82, 2.24) is 8.97 Å². The van der Waals surface area contributed by atoms with E-state index in [1.165, 1.54) is 59.9 Å². The van der Waals surface area contributed by atoms with E-state index in [0.29, 0.717) is 0 Å². The highest BCUT2D eigenvalue weighted by Crippen LogP contribution is 2.50. The first-order valence-electron chi connectivity index (χ1n) is 15.5. The Hall–Kier alpha value is -6.06. The van der Waals surface area contributed by atoms with Crippen LogP contribution in [0, 0.1) is 0 Å². The maximum atomic E-state index is 2.52. The van der Waals surface area contributed by atoms with Gasteiger partial charge in [-0.25, -0.2) is 0 Å². The highest BCUT2D eigenvalue weighted by molar-refractivity contribution is 6.35. The van der Waals surface area contributed by atoms with Crippen LogP contribution >= 0.6 is 0 Å². The number of hydrogen-bond acceptors (Lipinski definition) is 1. The van der Waals surface area contributed by atoms with Gasteiger partial charge in [0.25, 0.3) is 0 Å². The van der Waals surface area contributed by atoms with Crippen LogP contribution in [0.5, 0.6) is 0 Å². The van der Waals surface area contributed by atoms with Gasteiger partial charge < -0.3 is 13.9 Å². The summed E-state index contributed by atoms with van der Waals surface area (Å²) in [6, 6.07) is 59.3. The van der Waals surface area contributed by atoms with Crippen molar-refractivity contribution in [2.24, 2.45) is 0 Å². The zero-order chi connectivity index (χ0) is 29.5. The lowest BCUT2D eigenvalue weighted by Gasteiger charge is -2.27. The second-order valence-electron chi connectivity index (χ2n) is 11.8. The Balaban J connectivity index is 1.55. The zero-order valence-corrected chi connectivity index (χ0v) is 24.4. The fourth-order valence-electron chi connectivity index (χ4n) is 7.66. The van der Waals surface area contributed by atoms with Crippen LogP contribution in [0.2, 0.25) is 0 Å². The molecule has 0 aliphatic carbocycles. The van der Waals surface area contributed by atoms with Crippen molar-refractivity contribution in [2.45, 2.75) is 0 Å². The molecule has 7 aromatic carbocycles. The van der Waals surface area contributed by atoms with Gasteiger partial charge in [0.05, 0.1) is 33.3 Å². The molecule has 10 aromatic rings. The number of benzene rings is 7. The lowest BCUT2D eigenvalue weighted by atomic mass is 10.0. The summed E-state index contributed by atoms with van der Waals surface area (Å²) < 4.78 is 4.98. The Morgan fingerprint density at radius 2 is 0.911 bits per heavy atom. The van der Waals surface area contributed by atoms with Crippen molar-refractivity contribution in [1.29, 1.82) is 0 Å². The SMILES string of the molecule is c1ccc(N(c2ccccc2)c2cc3c4c5c(cccc5n3-c3ccccc3)c3ccccc3n3c5ccccc5c2c43)cc1.